The van der Waals surface area contributed by atoms with E-state index in [1.165, 1.54) is 18.2 Å². The summed E-state index contributed by atoms with van der Waals surface area (Å²) in [7, 11) is -4.28. The second kappa shape index (κ2) is 9.96. The number of primary amides is 1. The van der Waals surface area contributed by atoms with Crippen molar-refractivity contribution >= 4 is 27.5 Å². The topological polar surface area (TPSA) is 120 Å². The van der Waals surface area contributed by atoms with Crippen LogP contribution in [0, 0.1) is 6.92 Å². The van der Waals surface area contributed by atoms with Gasteiger partial charge in [0.15, 0.2) is 9.84 Å². The van der Waals surface area contributed by atoms with Crippen molar-refractivity contribution in [2.24, 2.45) is 5.73 Å². The monoisotopic (exact) mass is 561 g/mol. The van der Waals surface area contributed by atoms with Gasteiger partial charge in [-0.25, -0.2) is 18.1 Å². The Hall–Kier alpha value is -4.14. The molecule has 0 saturated carbocycles. The highest BCUT2D eigenvalue weighted by Gasteiger charge is 2.37. The molecule has 1 aromatic heterocycles. The van der Waals surface area contributed by atoms with Crippen LogP contribution >= 0.6 is 0 Å². The van der Waals surface area contributed by atoms with Crippen molar-refractivity contribution in [1.29, 1.82) is 0 Å². The number of urea groups is 1. The molecule has 0 fully saturated rings. The van der Waals surface area contributed by atoms with Gasteiger partial charge in [0.05, 0.1) is 22.3 Å². The summed E-state index contributed by atoms with van der Waals surface area (Å²) in [5.41, 5.74) is 1.64. The molecule has 0 atom stereocenters. The Morgan fingerprint density at radius 1 is 1.00 bits per heavy atom. The molecule has 0 saturated heterocycles. The molecule has 0 spiro atoms. The Morgan fingerprint density at radius 3 is 2.18 bits per heavy atom. The number of rotatable bonds is 5. The standard InChI is InChI=1S/C23H17F6N3O5S/c1-12-16(9-13(22(24,25)26)10-19(12)38(2,35)36)20(33)32(21(30)34)17-11-31-8-7-14(17)15-5-3-4-6-18(15)37-23(27,28)29/h3-11H,1-2H3,(H2,30,34). The molecule has 2 N–H and O–H groups in total. The molecule has 0 bridgehead atoms. The number of hydrogen-bond donors (Lipinski definition) is 1. The first-order valence-corrected chi connectivity index (χ1v) is 12.2. The van der Waals surface area contributed by atoms with E-state index in [-0.39, 0.29) is 16.0 Å². The van der Waals surface area contributed by atoms with E-state index < -0.39 is 67.3 Å². The third-order valence-corrected chi connectivity index (χ3v) is 6.41. The molecule has 0 aliphatic heterocycles. The van der Waals surface area contributed by atoms with Gasteiger partial charge >= 0.3 is 18.6 Å². The zero-order chi connectivity index (χ0) is 28.6. The van der Waals surface area contributed by atoms with Crippen LogP contribution in [-0.4, -0.2) is 38.0 Å². The Balaban J connectivity index is 2.28. The van der Waals surface area contributed by atoms with Gasteiger partial charge in [-0.2, -0.15) is 13.2 Å². The van der Waals surface area contributed by atoms with E-state index >= 15 is 0 Å². The van der Waals surface area contributed by atoms with Crippen molar-refractivity contribution in [1.82, 2.24) is 4.98 Å². The van der Waals surface area contributed by atoms with Gasteiger partial charge in [0.2, 0.25) is 0 Å². The number of nitrogens with zero attached hydrogens (tertiary/aromatic N) is 2. The van der Waals surface area contributed by atoms with E-state index in [0.29, 0.717) is 18.4 Å². The fraction of sp³-hybridized carbons (Fsp3) is 0.174. The quantitative estimate of drug-likeness (QED) is 0.433. The summed E-state index contributed by atoms with van der Waals surface area (Å²) in [6, 6.07) is 4.96. The summed E-state index contributed by atoms with van der Waals surface area (Å²) >= 11 is 0. The number of carbonyl (C=O) groups excluding carboxylic acids is 2. The molecular formula is C23H17F6N3O5S. The van der Waals surface area contributed by atoms with Gasteiger partial charge in [-0.05, 0) is 36.8 Å². The fourth-order valence-electron chi connectivity index (χ4n) is 3.60. The first-order chi connectivity index (χ1) is 17.4. The zero-order valence-electron chi connectivity index (χ0n) is 19.4. The minimum absolute atomic E-state index is 0.182. The van der Waals surface area contributed by atoms with Crippen LogP contribution in [0.4, 0.5) is 36.8 Å². The van der Waals surface area contributed by atoms with Crippen LogP contribution in [0.3, 0.4) is 0 Å². The molecule has 1 heterocycles. The molecule has 3 rings (SSSR count). The molecule has 0 unspecified atom stereocenters. The number of nitrogens with two attached hydrogens (primary N) is 1. The predicted octanol–water partition coefficient (Wildman–Crippen LogP) is 5.10. The largest absolute Gasteiger partial charge is 0.573 e. The van der Waals surface area contributed by atoms with Gasteiger partial charge < -0.3 is 10.5 Å². The molecule has 0 radical (unpaired) electrons. The fourth-order valence-corrected chi connectivity index (χ4v) is 4.61. The number of benzene rings is 2. The van der Waals surface area contributed by atoms with Gasteiger partial charge in [-0.3, -0.25) is 9.78 Å². The second-order valence-corrected chi connectivity index (χ2v) is 9.82. The highest BCUT2D eigenvalue weighted by molar-refractivity contribution is 7.90. The van der Waals surface area contributed by atoms with E-state index in [9.17, 15) is 44.3 Å². The molecular weight excluding hydrogens is 544 g/mol. The summed E-state index contributed by atoms with van der Waals surface area (Å²) < 4.78 is 108. The van der Waals surface area contributed by atoms with Crippen molar-refractivity contribution in [2.45, 2.75) is 24.4 Å². The Labute approximate surface area is 211 Å². The van der Waals surface area contributed by atoms with E-state index in [1.54, 1.807) is 0 Å². The molecule has 3 aromatic rings. The second-order valence-electron chi connectivity index (χ2n) is 7.83. The minimum atomic E-state index is -5.11. The van der Waals surface area contributed by atoms with Crippen LogP contribution in [0.15, 0.2) is 59.8 Å². The van der Waals surface area contributed by atoms with E-state index in [1.807, 2.05) is 0 Å². The van der Waals surface area contributed by atoms with Crippen molar-refractivity contribution in [3.05, 3.63) is 71.5 Å². The summed E-state index contributed by atoms with van der Waals surface area (Å²) in [4.78, 5) is 29.0. The lowest BCUT2D eigenvalue weighted by atomic mass is 10.0. The van der Waals surface area contributed by atoms with Gasteiger partial charge in [-0.15, -0.1) is 13.2 Å². The number of anilines is 1. The molecule has 3 amide bonds. The summed E-state index contributed by atoms with van der Waals surface area (Å²) in [5.74, 6) is -2.20. The highest BCUT2D eigenvalue weighted by Crippen LogP contribution is 2.40. The SMILES string of the molecule is Cc1c(C(=O)N(C(N)=O)c2cnccc2-c2ccccc2OC(F)(F)F)cc(C(F)(F)F)cc1S(C)(=O)=O. The number of imide groups is 1. The van der Waals surface area contributed by atoms with Crippen LogP contribution < -0.4 is 15.4 Å². The number of alkyl halides is 6. The van der Waals surface area contributed by atoms with Crippen LogP contribution in [-0.2, 0) is 16.0 Å². The number of sulfone groups is 1. The molecule has 0 aliphatic rings. The maximum atomic E-state index is 13.6. The summed E-state index contributed by atoms with van der Waals surface area (Å²) in [5, 5.41) is 0. The lowest BCUT2D eigenvalue weighted by Crippen LogP contribution is -2.41. The van der Waals surface area contributed by atoms with Crippen LogP contribution in [0.1, 0.15) is 21.5 Å². The van der Waals surface area contributed by atoms with E-state index in [4.69, 9.17) is 5.73 Å². The third-order valence-electron chi connectivity index (χ3n) is 5.18. The maximum Gasteiger partial charge on any atom is 0.573 e. The number of para-hydroxylation sites is 1. The minimum Gasteiger partial charge on any atom is -0.405 e. The lowest BCUT2D eigenvalue weighted by molar-refractivity contribution is -0.274. The number of aromatic nitrogens is 1. The van der Waals surface area contributed by atoms with Crippen LogP contribution in [0.25, 0.3) is 11.1 Å². The summed E-state index contributed by atoms with van der Waals surface area (Å²) in [6.07, 6.45) is -7.56. The Morgan fingerprint density at radius 2 is 1.63 bits per heavy atom. The van der Waals surface area contributed by atoms with E-state index in [0.717, 1.165) is 31.5 Å². The lowest BCUT2D eigenvalue weighted by Gasteiger charge is -2.24. The van der Waals surface area contributed by atoms with E-state index in [2.05, 4.69) is 9.72 Å². The van der Waals surface area contributed by atoms with Crippen molar-refractivity contribution < 1.29 is 49.1 Å². The first-order valence-electron chi connectivity index (χ1n) is 10.3. The highest BCUT2D eigenvalue weighted by atomic mass is 32.2. The maximum absolute atomic E-state index is 13.6. The average Bonchev–Trinajstić information content (AvgIpc) is 2.77. The van der Waals surface area contributed by atoms with Crippen molar-refractivity contribution in [3.63, 3.8) is 0 Å². The number of pyridine rings is 1. The number of hydrogen-bond acceptors (Lipinski definition) is 6. The van der Waals surface area contributed by atoms with Gasteiger partial charge in [-0.1, -0.05) is 18.2 Å². The van der Waals surface area contributed by atoms with Crippen molar-refractivity contribution in [2.75, 3.05) is 11.2 Å². The third kappa shape index (κ3) is 6.04. The van der Waals surface area contributed by atoms with Crippen molar-refractivity contribution in [3.8, 4) is 16.9 Å². The zero-order valence-corrected chi connectivity index (χ0v) is 20.2. The van der Waals surface area contributed by atoms with Gasteiger partial charge in [0.25, 0.3) is 5.91 Å². The Kier molecular flexibility index (Phi) is 7.45. The van der Waals surface area contributed by atoms with Crippen LogP contribution in [0.5, 0.6) is 5.75 Å². The molecule has 15 heteroatoms. The van der Waals surface area contributed by atoms with Gasteiger partial charge in [0.1, 0.15) is 5.75 Å². The van der Waals surface area contributed by atoms with Gasteiger partial charge in [0, 0.05) is 29.1 Å². The predicted molar refractivity (Wildman–Crippen MR) is 122 cm³/mol. The molecule has 202 valence electrons. The number of halogens is 6. The summed E-state index contributed by atoms with van der Waals surface area (Å²) in [6.45, 7) is 1.06. The number of carbonyl (C=O) groups is 2. The molecule has 8 nitrogen and oxygen atoms in total. The normalized spacial score (nSPS) is 12.2. The molecule has 0 aliphatic carbocycles. The smallest absolute Gasteiger partial charge is 0.405 e. The molecule has 2 aromatic carbocycles. The molecule has 38 heavy (non-hydrogen) atoms. The number of amides is 3. The van der Waals surface area contributed by atoms with Crippen LogP contribution in [0.2, 0.25) is 0 Å². The average molecular weight is 561 g/mol. The number of ether oxygens (including phenoxy) is 1. The first kappa shape index (κ1) is 28.4. The Bertz CT molecular complexity index is 1520.